The van der Waals surface area contributed by atoms with Crippen LogP contribution in [0.1, 0.15) is 5.56 Å². The number of nitrogens with one attached hydrogen (secondary N) is 1. The number of para-hydroxylation sites is 1. The minimum atomic E-state index is 0.726. The van der Waals surface area contributed by atoms with Gasteiger partial charge in [0.25, 0.3) is 0 Å². The molecular weight excluding hydrogens is 286 g/mol. The second kappa shape index (κ2) is 5.88. The number of rotatable bonds is 4. The predicted octanol–water partition coefficient (Wildman–Crippen LogP) is 3.43. The molecule has 0 radical (unpaired) electrons. The first-order valence-corrected chi connectivity index (χ1v) is 7.41. The Balaban J connectivity index is 1.53. The maximum atomic E-state index is 4.49. The van der Waals surface area contributed by atoms with Gasteiger partial charge >= 0.3 is 0 Å². The smallest absolute Gasteiger partial charge is 0.123 e. The molecule has 0 aliphatic carbocycles. The van der Waals surface area contributed by atoms with Gasteiger partial charge in [-0.3, -0.25) is 9.55 Å². The van der Waals surface area contributed by atoms with Crippen LogP contribution in [-0.4, -0.2) is 19.7 Å². The number of fused-ring (bicyclic) bond motifs is 1. The molecule has 0 spiro atoms. The molecule has 4 aromatic rings. The molecule has 0 aliphatic rings. The van der Waals surface area contributed by atoms with E-state index in [2.05, 4.69) is 38.7 Å². The fraction of sp³-hybridized carbons (Fsp3) is 0.0556. The van der Waals surface area contributed by atoms with Crippen LogP contribution in [0, 0.1) is 0 Å². The van der Waals surface area contributed by atoms with Crippen LogP contribution in [-0.2, 0) is 6.54 Å². The van der Waals surface area contributed by atoms with E-state index < -0.39 is 0 Å². The van der Waals surface area contributed by atoms with E-state index in [4.69, 9.17) is 0 Å². The summed E-state index contributed by atoms with van der Waals surface area (Å²) in [5, 5.41) is 12.3. The molecule has 0 saturated heterocycles. The lowest BCUT2D eigenvalue weighted by atomic mass is 10.1. The SMILES string of the molecule is c1cc(NCc2cnc3ccccc3c2)cc(-n2cnnc2)c1. The zero-order chi connectivity index (χ0) is 15.5. The van der Waals surface area contributed by atoms with E-state index in [1.165, 1.54) is 0 Å². The Morgan fingerprint density at radius 2 is 1.78 bits per heavy atom. The minimum Gasteiger partial charge on any atom is -0.381 e. The summed E-state index contributed by atoms with van der Waals surface area (Å²) in [5.41, 5.74) is 4.24. The Morgan fingerprint density at radius 1 is 0.913 bits per heavy atom. The molecule has 0 aliphatic heterocycles. The van der Waals surface area contributed by atoms with E-state index in [0.29, 0.717) is 0 Å². The summed E-state index contributed by atoms with van der Waals surface area (Å²) >= 11 is 0. The second-order valence-electron chi connectivity index (χ2n) is 5.31. The van der Waals surface area contributed by atoms with Crippen molar-refractivity contribution >= 4 is 16.6 Å². The van der Waals surface area contributed by atoms with Gasteiger partial charge in [0.1, 0.15) is 12.7 Å². The monoisotopic (exact) mass is 301 g/mol. The first-order valence-electron chi connectivity index (χ1n) is 7.41. The molecule has 0 bridgehead atoms. The summed E-state index contributed by atoms with van der Waals surface area (Å²) in [6.07, 6.45) is 5.29. The second-order valence-corrected chi connectivity index (χ2v) is 5.31. The van der Waals surface area contributed by atoms with Crippen molar-refractivity contribution in [1.82, 2.24) is 19.7 Å². The van der Waals surface area contributed by atoms with Crippen molar-refractivity contribution in [3.05, 3.63) is 79.0 Å². The van der Waals surface area contributed by atoms with Gasteiger partial charge in [0.15, 0.2) is 0 Å². The van der Waals surface area contributed by atoms with Crippen LogP contribution in [0.25, 0.3) is 16.6 Å². The number of hydrogen-bond acceptors (Lipinski definition) is 4. The lowest BCUT2D eigenvalue weighted by Gasteiger charge is -2.09. The van der Waals surface area contributed by atoms with Gasteiger partial charge in [0.2, 0.25) is 0 Å². The first kappa shape index (κ1) is 13.5. The molecule has 23 heavy (non-hydrogen) atoms. The number of nitrogens with zero attached hydrogens (tertiary/aromatic N) is 4. The summed E-state index contributed by atoms with van der Waals surface area (Å²) < 4.78 is 1.88. The lowest BCUT2D eigenvalue weighted by Crippen LogP contribution is -2.01. The fourth-order valence-electron chi connectivity index (χ4n) is 2.53. The molecule has 1 N–H and O–H groups in total. The highest BCUT2D eigenvalue weighted by molar-refractivity contribution is 5.78. The van der Waals surface area contributed by atoms with Crippen molar-refractivity contribution in [1.29, 1.82) is 0 Å². The Labute approximate surface area is 133 Å². The van der Waals surface area contributed by atoms with E-state index in [0.717, 1.165) is 34.4 Å². The van der Waals surface area contributed by atoms with Crippen molar-refractivity contribution in [2.45, 2.75) is 6.54 Å². The predicted molar refractivity (Wildman–Crippen MR) is 90.4 cm³/mol. The number of anilines is 1. The maximum absolute atomic E-state index is 4.49. The van der Waals surface area contributed by atoms with E-state index in [-0.39, 0.29) is 0 Å². The molecule has 0 unspecified atom stereocenters. The zero-order valence-electron chi connectivity index (χ0n) is 12.4. The summed E-state index contributed by atoms with van der Waals surface area (Å²) in [7, 11) is 0. The Morgan fingerprint density at radius 3 is 2.70 bits per heavy atom. The molecule has 0 fully saturated rings. The molecule has 2 heterocycles. The van der Waals surface area contributed by atoms with Gasteiger partial charge in [-0.15, -0.1) is 10.2 Å². The number of hydrogen-bond donors (Lipinski definition) is 1. The van der Waals surface area contributed by atoms with Gasteiger partial charge in [-0.2, -0.15) is 0 Å². The topological polar surface area (TPSA) is 55.6 Å². The van der Waals surface area contributed by atoms with Crippen LogP contribution >= 0.6 is 0 Å². The van der Waals surface area contributed by atoms with Crippen LogP contribution < -0.4 is 5.32 Å². The van der Waals surface area contributed by atoms with E-state index in [1.54, 1.807) is 12.7 Å². The number of pyridine rings is 1. The molecule has 2 aromatic heterocycles. The van der Waals surface area contributed by atoms with Gasteiger partial charge in [0, 0.05) is 23.8 Å². The van der Waals surface area contributed by atoms with E-state index in [1.807, 2.05) is 47.2 Å². The quantitative estimate of drug-likeness (QED) is 0.627. The van der Waals surface area contributed by atoms with Gasteiger partial charge < -0.3 is 5.32 Å². The van der Waals surface area contributed by atoms with Gasteiger partial charge in [0.05, 0.1) is 11.2 Å². The molecular formula is C18H15N5. The maximum Gasteiger partial charge on any atom is 0.123 e. The molecule has 0 amide bonds. The molecule has 4 rings (SSSR count). The third-order valence-corrected chi connectivity index (χ3v) is 3.71. The lowest BCUT2D eigenvalue weighted by molar-refractivity contribution is 1.05. The van der Waals surface area contributed by atoms with E-state index >= 15 is 0 Å². The van der Waals surface area contributed by atoms with Crippen molar-refractivity contribution in [2.24, 2.45) is 0 Å². The summed E-state index contributed by atoms with van der Waals surface area (Å²) in [6, 6.07) is 18.4. The Kier molecular flexibility index (Phi) is 3.44. The largest absolute Gasteiger partial charge is 0.381 e. The fourth-order valence-corrected chi connectivity index (χ4v) is 2.53. The average molecular weight is 301 g/mol. The third-order valence-electron chi connectivity index (χ3n) is 3.71. The van der Waals surface area contributed by atoms with Crippen molar-refractivity contribution in [3.63, 3.8) is 0 Å². The van der Waals surface area contributed by atoms with E-state index in [9.17, 15) is 0 Å². The highest BCUT2D eigenvalue weighted by atomic mass is 15.2. The van der Waals surface area contributed by atoms with Crippen molar-refractivity contribution in [3.8, 4) is 5.69 Å². The molecule has 0 atom stereocenters. The standard InChI is InChI=1S/C18H15N5/c1-2-7-18-15(4-1)8-14(11-20-18)10-19-16-5-3-6-17(9-16)23-12-21-22-13-23/h1-9,11-13,19H,10H2. The summed E-state index contributed by atoms with van der Waals surface area (Å²) in [5.74, 6) is 0. The van der Waals surface area contributed by atoms with Crippen LogP contribution in [0.4, 0.5) is 5.69 Å². The minimum absolute atomic E-state index is 0.726. The average Bonchev–Trinajstić information content (AvgIpc) is 3.15. The summed E-state index contributed by atoms with van der Waals surface area (Å²) in [6.45, 7) is 0.726. The molecule has 5 heteroatoms. The Bertz CT molecular complexity index is 931. The van der Waals surface area contributed by atoms with Crippen LogP contribution in [0.15, 0.2) is 73.4 Å². The normalized spacial score (nSPS) is 10.8. The number of benzene rings is 2. The molecule has 2 aromatic carbocycles. The Hall–Kier alpha value is -3.21. The zero-order valence-corrected chi connectivity index (χ0v) is 12.4. The first-order chi connectivity index (χ1) is 11.4. The van der Waals surface area contributed by atoms with Crippen LogP contribution in [0.5, 0.6) is 0 Å². The highest BCUT2D eigenvalue weighted by Gasteiger charge is 2.00. The van der Waals surface area contributed by atoms with Gasteiger partial charge in [-0.1, -0.05) is 24.3 Å². The molecule has 5 nitrogen and oxygen atoms in total. The molecule has 0 saturated carbocycles. The van der Waals surface area contributed by atoms with Gasteiger partial charge in [-0.25, -0.2) is 0 Å². The van der Waals surface area contributed by atoms with Crippen LogP contribution in [0.3, 0.4) is 0 Å². The van der Waals surface area contributed by atoms with Gasteiger partial charge in [-0.05, 0) is 35.9 Å². The number of aromatic nitrogens is 4. The molecule has 112 valence electrons. The highest BCUT2D eigenvalue weighted by Crippen LogP contribution is 2.17. The van der Waals surface area contributed by atoms with Crippen LogP contribution in [0.2, 0.25) is 0 Å². The van der Waals surface area contributed by atoms with Crippen molar-refractivity contribution in [2.75, 3.05) is 5.32 Å². The summed E-state index contributed by atoms with van der Waals surface area (Å²) in [4.78, 5) is 4.49. The van der Waals surface area contributed by atoms with Crippen molar-refractivity contribution < 1.29 is 0 Å². The third kappa shape index (κ3) is 2.89.